The Bertz CT molecular complexity index is 817. The number of hydrogen-bond donors (Lipinski definition) is 0. The van der Waals surface area contributed by atoms with E-state index in [1.54, 1.807) is 29.1 Å². The SMILES string of the molecule is Cc1cc(-n2ccn(CC3CCCCC3)c(=O)c2=O)ccc1Cl. The summed E-state index contributed by atoms with van der Waals surface area (Å²) in [5, 5.41) is 0.646. The van der Waals surface area contributed by atoms with Crippen LogP contribution in [-0.2, 0) is 6.54 Å². The Labute approximate surface area is 140 Å². The molecular weight excluding hydrogens is 312 g/mol. The van der Waals surface area contributed by atoms with Crippen LogP contribution in [0.5, 0.6) is 0 Å². The van der Waals surface area contributed by atoms with Crippen LogP contribution in [-0.4, -0.2) is 9.13 Å². The third kappa shape index (κ3) is 3.42. The number of hydrogen-bond acceptors (Lipinski definition) is 2. The Hall–Kier alpha value is -1.81. The van der Waals surface area contributed by atoms with Crippen LogP contribution in [0.2, 0.25) is 5.02 Å². The molecule has 1 heterocycles. The third-order valence-corrected chi connectivity index (χ3v) is 5.08. The van der Waals surface area contributed by atoms with Crippen molar-refractivity contribution >= 4 is 11.6 Å². The molecule has 3 rings (SSSR count). The summed E-state index contributed by atoms with van der Waals surface area (Å²) >= 11 is 6.02. The minimum atomic E-state index is -0.509. The zero-order valence-corrected chi connectivity index (χ0v) is 14.1. The number of benzene rings is 1. The average molecular weight is 333 g/mol. The number of halogens is 1. The molecule has 4 nitrogen and oxygen atoms in total. The first-order valence-electron chi connectivity index (χ1n) is 8.15. The van der Waals surface area contributed by atoms with Gasteiger partial charge in [0.25, 0.3) is 0 Å². The largest absolute Gasteiger partial charge is 0.320 e. The summed E-state index contributed by atoms with van der Waals surface area (Å²) in [7, 11) is 0. The van der Waals surface area contributed by atoms with Gasteiger partial charge in [-0.15, -0.1) is 0 Å². The van der Waals surface area contributed by atoms with Crippen molar-refractivity contribution in [2.75, 3.05) is 0 Å². The summed E-state index contributed by atoms with van der Waals surface area (Å²) < 4.78 is 2.96. The molecule has 0 spiro atoms. The molecule has 0 amide bonds. The highest BCUT2D eigenvalue weighted by molar-refractivity contribution is 6.31. The van der Waals surface area contributed by atoms with Crippen LogP contribution in [0.1, 0.15) is 37.7 Å². The fraction of sp³-hybridized carbons (Fsp3) is 0.444. The molecule has 0 atom stereocenters. The number of nitrogens with zero attached hydrogens (tertiary/aromatic N) is 2. The maximum Gasteiger partial charge on any atom is 0.320 e. The van der Waals surface area contributed by atoms with Crippen molar-refractivity contribution in [2.45, 2.75) is 45.6 Å². The second-order valence-corrected chi connectivity index (χ2v) is 6.78. The molecule has 1 aliphatic carbocycles. The van der Waals surface area contributed by atoms with Gasteiger partial charge in [-0.3, -0.25) is 14.2 Å². The van der Waals surface area contributed by atoms with Crippen LogP contribution >= 0.6 is 11.6 Å². The van der Waals surface area contributed by atoms with Crippen LogP contribution in [0, 0.1) is 12.8 Å². The van der Waals surface area contributed by atoms with Crippen molar-refractivity contribution in [1.82, 2.24) is 9.13 Å². The van der Waals surface area contributed by atoms with Gasteiger partial charge >= 0.3 is 11.1 Å². The summed E-state index contributed by atoms with van der Waals surface area (Å²) in [5.41, 5.74) is 0.581. The summed E-state index contributed by atoms with van der Waals surface area (Å²) in [6, 6.07) is 5.31. The van der Waals surface area contributed by atoms with Gasteiger partial charge < -0.3 is 4.57 Å². The highest BCUT2D eigenvalue weighted by atomic mass is 35.5. The quantitative estimate of drug-likeness (QED) is 0.807. The van der Waals surface area contributed by atoms with Crippen molar-refractivity contribution in [1.29, 1.82) is 0 Å². The molecule has 2 aromatic rings. The van der Waals surface area contributed by atoms with Gasteiger partial charge in [0.2, 0.25) is 0 Å². The highest BCUT2D eigenvalue weighted by Crippen LogP contribution is 2.24. The van der Waals surface area contributed by atoms with Crippen LogP contribution in [0.25, 0.3) is 5.69 Å². The van der Waals surface area contributed by atoms with E-state index in [0.717, 1.165) is 18.4 Å². The van der Waals surface area contributed by atoms with Gasteiger partial charge in [0.15, 0.2) is 0 Å². The molecule has 5 heteroatoms. The molecule has 23 heavy (non-hydrogen) atoms. The predicted molar refractivity (Wildman–Crippen MR) is 92.6 cm³/mol. The molecule has 0 N–H and O–H groups in total. The Kier molecular flexibility index (Phi) is 4.71. The van der Waals surface area contributed by atoms with E-state index in [1.165, 1.54) is 23.8 Å². The molecule has 0 bridgehead atoms. The maximum absolute atomic E-state index is 12.4. The molecule has 1 aliphatic rings. The predicted octanol–water partition coefficient (Wildman–Crippen LogP) is 3.54. The molecule has 0 radical (unpaired) electrons. The second kappa shape index (κ2) is 6.75. The Balaban J connectivity index is 1.92. The van der Waals surface area contributed by atoms with Gasteiger partial charge in [-0.2, -0.15) is 0 Å². The van der Waals surface area contributed by atoms with E-state index in [4.69, 9.17) is 11.6 Å². The Morgan fingerprint density at radius 3 is 2.52 bits per heavy atom. The molecule has 0 unspecified atom stereocenters. The van der Waals surface area contributed by atoms with E-state index in [1.807, 2.05) is 13.0 Å². The van der Waals surface area contributed by atoms with Gasteiger partial charge in [0.1, 0.15) is 0 Å². The van der Waals surface area contributed by atoms with Crippen LogP contribution in [0.4, 0.5) is 0 Å². The fourth-order valence-electron chi connectivity index (χ4n) is 3.28. The lowest BCUT2D eigenvalue weighted by Crippen LogP contribution is -2.41. The lowest BCUT2D eigenvalue weighted by molar-refractivity contribution is 0.315. The van der Waals surface area contributed by atoms with E-state index in [-0.39, 0.29) is 0 Å². The number of aryl methyl sites for hydroxylation is 1. The van der Waals surface area contributed by atoms with Gasteiger partial charge in [0, 0.05) is 29.6 Å². The van der Waals surface area contributed by atoms with Gasteiger partial charge in [0.05, 0.1) is 0 Å². The molecule has 1 fully saturated rings. The van der Waals surface area contributed by atoms with Crippen molar-refractivity contribution < 1.29 is 0 Å². The van der Waals surface area contributed by atoms with E-state index >= 15 is 0 Å². The van der Waals surface area contributed by atoms with Crippen molar-refractivity contribution in [2.24, 2.45) is 5.92 Å². The molecule has 1 saturated carbocycles. The third-order valence-electron chi connectivity index (χ3n) is 4.66. The fourth-order valence-corrected chi connectivity index (χ4v) is 3.40. The van der Waals surface area contributed by atoms with Crippen molar-refractivity contribution in [3.05, 3.63) is 61.9 Å². The van der Waals surface area contributed by atoms with Gasteiger partial charge in [-0.05, 0) is 49.4 Å². The molecular formula is C18H21ClN2O2. The summed E-state index contributed by atoms with van der Waals surface area (Å²) in [4.78, 5) is 24.8. The first kappa shape index (κ1) is 16.1. The summed E-state index contributed by atoms with van der Waals surface area (Å²) in [6.07, 6.45) is 9.42. The van der Waals surface area contributed by atoms with Crippen molar-refractivity contribution in [3.8, 4) is 5.69 Å². The zero-order chi connectivity index (χ0) is 16.4. The first-order valence-corrected chi connectivity index (χ1v) is 8.52. The normalized spacial score (nSPS) is 15.7. The summed E-state index contributed by atoms with van der Waals surface area (Å²) in [5.74, 6) is 0.509. The highest BCUT2D eigenvalue weighted by Gasteiger charge is 2.16. The first-order chi connectivity index (χ1) is 11.1. The standard InChI is InChI=1S/C18H21ClN2O2/c1-13-11-15(7-8-16(13)19)21-10-9-20(17(22)18(21)23)12-14-5-3-2-4-6-14/h7-11,14H,2-6,12H2,1H3. The van der Waals surface area contributed by atoms with E-state index in [2.05, 4.69) is 0 Å². The summed E-state index contributed by atoms with van der Waals surface area (Å²) in [6.45, 7) is 2.52. The minimum Gasteiger partial charge on any atom is -0.309 e. The maximum atomic E-state index is 12.4. The van der Waals surface area contributed by atoms with Crippen LogP contribution < -0.4 is 11.1 Å². The van der Waals surface area contributed by atoms with Crippen LogP contribution in [0.15, 0.2) is 40.2 Å². The zero-order valence-electron chi connectivity index (χ0n) is 13.3. The minimum absolute atomic E-state index is 0.453. The molecule has 0 saturated heterocycles. The van der Waals surface area contributed by atoms with E-state index in [9.17, 15) is 9.59 Å². The lowest BCUT2D eigenvalue weighted by Gasteiger charge is -2.22. The molecule has 1 aromatic carbocycles. The second-order valence-electron chi connectivity index (χ2n) is 6.37. The van der Waals surface area contributed by atoms with E-state index < -0.39 is 11.1 Å². The number of rotatable bonds is 3. The molecule has 0 aliphatic heterocycles. The topological polar surface area (TPSA) is 44.0 Å². The van der Waals surface area contributed by atoms with Gasteiger partial charge in [-0.25, -0.2) is 0 Å². The Morgan fingerprint density at radius 1 is 1.09 bits per heavy atom. The smallest absolute Gasteiger partial charge is 0.309 e. The molecule has 1 aromatic heterocycles. The van der Waals surface area contributed by atoms with Gasteiger partial charge in [-0.1, -0.05) is 30.9 Å². The van der Waals surface area contributed by atoms with Crippen LogP contribution in [0.3, 0.4) is 0 Å². The van der Waals surface area contributed by atoms with E-state index in [0.29, 0.717) is 23.2 Å². The average Bonchev–Trinajstić information content (AvgIpc) is 2.56. The van der Waals surface area contributed by atoms with Crippen molar-refractivity contribution in [3.63, 3.8) is 0 Å². The Morgan fingerprint density at radius 2 is 1.83 bits per heavy atom. The molecule has 122 valence electrons. The monoisotopic (exact) mass is 332 g/mol. The lowest BCUT2D eigenvalue weighted by atomic mass is 9.89. The number of aromatic nitrogens is 2.